The Morgan fingerprint density at radius 2 is 1.63 bits per heavy atom. The second kappa shape index (κ2) is 6.13. The van der Waals surface area contributed by atoms with Gasteiger partial charge in [0.1, 0.15) is 0 Å². The topological polar surface area (TPSA) is 32.3 Å². The van der Waals surface area contributed by atoms with Gasteiger partial charge in [0.25, 0.3) is 0 Å². The molecule has 0 aromatic heterocycles. The first-order valence-electron chi connectivity index (χ1n) is 8.36. The maximum Gasteiger partial charge on any atom is 0.0772 e. The number of hydrogen-bond donors (Lipinski definition) is 2. The smallest absolute Gasteiger partial charge is 0.0772 e. The summed E-state index contributed by atoms with van der Waals surface area (Å²) in [5.41, 5.74) is -0.0142. The molecule has 0 amide bonds. The zero-order valence-corrected chi connectivity index (χ0v) is 13.2. The molecule has 2 aliphatic rings. The molecular weight excluding hydrogens is 234 g/mol. The Balaban J connectivity index is 1.75. The van der Waals surface area contributed by atoms with Crippen molar-refractivity contribution in [3.63, 3.8) is 0 Å². The molecule has 0 aromatic carbocycles. The Morgan fingerprint density at radius 3 is 2.21 bits per heavy atom. The fourth-order valence-electron chi connectivity index (χ4n) is 3.72. The summed E-state index contributed by atoms with van der Waals surface area (Å²) in [6.45, 7) is 7.75. The van der Waals surface area contributed by atoms with Crippen LogP contribution in [0.5, 0.6) is 0 Å². The molecule has 0 bridgehead atoms. The molecule has 0 aromatic rings. The Morgan fingerprint density at radius 1 is 1.05 bits per heavy atom. The molecule has 0 heterocycles. The summed E-state index contributed by atoms with van der Waals surface area (Å²) in [4.78, 5) is 0. The van der Waals surface area contributed by atoms with E-state index in [4.69, 9.17) is 0 Å². The summed E-state index contributed by atoms with van der Waals surface area (Å²) in [5, 5.41) is 14.3. The first-order chi connectivity index (χ1) is 8.90. The molecular formula is C17H33NO. The maximum absolute atomic E-state index is 10.7. The Hall–Kier alpha value is -0.0800. The van der Waals surface area contributed by atoms with E-state index in [1.54, 1.807) is 0 Å². The van der Waals surface area contributed by atoms with E-state index in [9.17, 15) is 5.11 Å². The lowest BCUT2D eigenvalue weighted by atomic mass is 9.71. The van der Waals surface area contributed by atoms with Crippen LogP contribution in [-0.2, 0) is 0 Å². The minimum Gasteiger partial charge on any atom is -0.389 e. The van der Waals surface area contributed by atoms with Gasteiger partial charge in [0.15, 0.2) is 0 Å². The molecule has 1 atom stereocenters. The average Bonchev–Trinajstić information content (AvgIpc) is 2.41. The van der Waals surface area contributed by atoms with Crippen LogP contribution in [0.2, 0.25) is 0 Å². The van der Waals surface area contributed by atoms with E-state index in [1.807, 2.05) is 0 Å². The third-order valence-corrected chi connectivity index (χ3v) is 5.64. The Kier molecular flexibility index (Phi) is 4.94. The normalized spacial score (nSPS) is 29.1. The lowest BCUT2D eigenvalue weighted by Gasteiger charge is -2.41. The van der Waals surface area contributed by atoms with Crippen molar-refractivity contribution in [2.45, 2.75) is 90.2 Å². The predicted octanol–water partition coefficient (Wildman–Crippen LogP) is 3.88. The van der Waals surface area contributed by atoms with Crippen molar-refractivity contribution >= 4 is 0 Å². The maximum atomic E-state index is 10.7. The third kappa shape index (κ3) is 4.46. The van der Waals surface area contributed by atoms with Crippen LogP contribution in [-0.4, -0.2) is 23.3 Å². The first kappa shape index (κ1) is 15.3. The van der Waals surface area contributed by atoms with E-state index in [2.05, 4.69) is 26.1 Å². The van der Waals surface area contributed by atoms with Crippen LogP contribution in [0.1, 0.15) is 78.6 Å². The van der Waals surface area contributed by atoms with Crippen LogP contribution in [0.4, 0.5) is 0 Å². The summed E-state index contributed by atoms with van der Waals surface area (Å²) >= 11 is 0. The van der Waals surface area contributed by atoms with Gasteiger partial charge in [0.05, 0.1) is 5.60 Å². The van der Waals surface area contributed by atoms with E-state index < -0.39 is 5.60 Å². The summed E-state index contributed by atoms with van der Waals surface area (Å²) in [7, 11) is 0. The highest BCUT2D eigenvalue weighted by Crippen LogP contribution is 2.40. The van der Waals surface area contributed by atoms with Crippen molar-refractivity contribution in [3.05, 3.63) is 0 Å². The van der Waals surface area contributed by atoms with Crippen LogP contribution in [0.15, 0.2) is 0 Å². The quantitative estimate of drug-likeness (QED) is 0.810. The highest BCUT2D eigenvalue weighted by atomic mass is 16.3. The second-order valence-electron chi connectivity index (χ2n) is 7.96. The third-order valence-electron chi connectivity index (χ3n) is 5.64. The lowest BCUT2D eigenvalue weighted by molar-refractivity contribution is -0.0272. The molecule has 0 spiro atoms. The standard InChI is InChI=1S/C17H33NO/c1-14(15-7-5-4-6-8-15)18-13-17(19)11-9-16(2,3)10-12-17/h14-15,18-19H,4-13H2,1-3H3. The number of hydrogen-bond acceptors (Lipinski definition) is 2. The van der Waals surface area contributed by atoms with Crippen molar-refractivity contribution in [1.82, 2.24) is 5.32 Å². The highest BCUT2D eigenvalue weighted by Gasteiger charge is 2.36. The van der Waals surface area contributed by atoms with Gasteiger partial charge in [0, 0.05) is 12.6 Å². The van der Waals surface area contributed by atoms with Gasteiger partial charge in [0.2, 0.25) is 0 Å². The SMILES string of the molecule is CC(NCC1(O)CCC(C)(C)CC1)C1CCCCC1. The van der Waals surface area contributed by atoms with Gasteiger partial charge in [-0.3, -0.25) is 0 Å². The summed E-state index contributed by atoms with van der Waals surface area (Å²) < 4.78 is 0. The van der Waals surface area contributed by atoms with Crippen molar-refractivity contribution in [2.24, 2.45) is 11.3 Å². The number of nitrogens with one attached hydrogen (secondary N) is 1. The molecule has 2 saturated carbocycles. The fraction of sp³-hybridized carbons (Fsp3) is 1.00. The zero-order valence-electron chi connectivity index (χ0n) is 13.2. The van der Waals surface area contributed by atoms with Crippen molar-refractivity contribution in [2.75, 3.05) is 6.54 Å². The van der Waals surface area contributed by atoms with E-state index in [0.29, 0.717) is 11.5 Å². The van der Waals surface area contributed by atoms with Crippen LogP contribution >= 0.6 is 0 Å². The summed E-state index contributed by atoms with van der Waals surface area (Å²) in [6, 6.07) is 0.569. The second-order valence-corrected chi connectivity index (χ2v) is 7.96. The highest BCUT2D eigenvalue weighted by molar-refractivity contribution is 4.91. The molecule has 0 saturated heterocycles. The zero-order chi connectivity index (χ0) is 13.9. The van der Waals surface area contributed by atoms with Gasteiger partial charge in [-0.25, -0.2) is 0 Å². The number of rotatable bonds is 4. The molecule has 2 N–H and O–H groups in total. The fourth-order valence-corrected chi connectivity index (χ4v) is 3.72. The minimum absolute atomic E-state index is 0.432. The van der Waals surface area contributed by atoms with E-state index in [0.717, 1.165) is 38.1 Å². The molecule has 2 heteroatoms. The first-order valence-corrected chi connectivity index (χ1v) is 8.36. The van der Waals surface area contributed by atoms with E-state index >= 15 is 0 Å². The van der Waals surface area contributed by atoms with Gasteiger partial charge >= 0.3 is 0 Å². The van der Waals surface area contributed by atoms with Crippen molar-refractivity contribution < 1.29 is 5.11 Å². The molecule has 112 valence electrons. The van der Waals surface area contributed by atoms with Crippen molar-refractivity contribution in [3.8, 4) is 0 Å². The molecule has 19 heavy (non-hydrogen) atoms. The summed E-state index contributed by atoms with van der Waals surface area (Å²) in [5.74, 6) is 0.831. The minimum atomic E-state index is -0.446. The molecule has 2 rings (SSSR count). The van der Waals surface area contributed by atoms with Gasteiger partial charge in [-0.1, -0.05) is 33.1 Å². The van der Waals surface area contributed by atoms with Gasteiger partial charge < -0.3 is 10.4 Å². The molecule has 1 unspecified atom stereocenters. The molecule has 2 nitrogen and oxygen atoms in total. The van der Waals surface area contributed by atoms with Crippen LogP contribution < -0.4 is 5.32 Å². The lowest BCUT2D eigenvalue weighted by Crippen LogP contribution is -2.48. The van der Waals surface area contributed by atoms with Gasteiger partial charge in [-0.05, 0) is 56.8 Å². The molecule has 2 fully saturated rings. The van der Waals surface area contributed by atoms with E-state index in [-0.39, 0.29) is 0 Å². The van der Waals surface area contributed by atoms with E-state index in [1.165, 1.54) is 32.1 Å². The summed E-state index contributed by atoms with van der Waals surface area (Å²) in [6.07, 6.45) is 11.2. The molecule has 0 radical (unpaired) electrons. The van der Waals surface area contributed by atoms with Gasteiger partial charge in [-0.15, -0.1) is 0 Å². The van der Waals surface area contributed by atoms with Gasteiger partial charge in [-0.2, -0.15) is 0 Å². The van der Waals surface area contributed by atoms with Crippen LogP contribution in [0, 0.1) is 11.3 Å². The van der Waals surface area contributed by atoms with Crippen LogP contribution in [0.3, 0.4) is 0 Å². The Bertz CT molecular complexity index is 271. The predicted molar refractivity (Wildman–Crippen MR) is 81.2 cm³/mol. The molecule has 2 aliphatic carbocycles. The van der Waals surface area contributed by atoms with Crippen LogP contribution in [0.25, 0.3) is 0 Å². The monoisotopic (exact) mass is 267 g/mol. The van der Waals surface area contributed by atoms with Crippen molar-refractivity contribution in [1.29, 1.82) is 0 Å². The average molecular weight is 267 g/mol. The largest absolute Gasteiger partial charge is 0.389 e. The molecule has 0 aliphatic heterocycles. The number of aliphatic hydroxyl groups is 1. The Labute approximate surface area is 119 Å².